The Morgan fingerprint density at radius 1 is 1.32 bits per heavy atom. The number of rotatable bonds is 6. The Morgan fingerprint density at radius 3 is 2.47 bits per heavy atom. The van der Waals surface area contributed by atoms with Crippen LogP contribution in [0.5, 0.6) is 0 Å². The topological polar surface area (TPSA) is 110 Å². The average Bonchev–Trinajstić information content (AvgIpc) is 2.28. The summed E-state index contributed by atoms with van der Waals surface area (Å²) < 4.78 is 51.6. The van der Waals surface area contributed by atoms with Crippen molar-refractivity contribution in [1.82, 2.24) is 4.72 Å². The third kappa shape index (κ3) is 3.66. The molecule has 0 aromatic heterocycles. The second kappa shape index (κ2) is 5.99. The summed E-state index contributed by atoms with van der Waals surface area (Å²) in [6, 6.07) is 0.449. The number of halogens is 2. The minimum Gasteiger partial charge on any atom is -0.396 e. The van der Waals surface area contributed by atoms with Crippen LogP contribution in [0.3, 0.4) is 0 Å². The molecule has 0 fully saturated rings. The second-order valence-corrected chi connectivity index (χ2v) is 5.20. The highest BCUT2D eigenvalue weighted by atomic mass is 32.2. The maximum absolute atomic E-state index is 13.4. The summed E-state index contributed by atoms with van der Waals surface area (Å²) in [7, 11) is -4.34. The van der Waals surface area contributed by atoms with Gasteiger partial charge in [-0.3, -0.25) is 10.1 Å². The molecule has 0 atom stereocenters. The van der Waals surface area contributed by atoms with E-state index in [9.17, 15) is 27.3 Å². The fourth-order valence-electron chi connectivity index (χ4n) is 1.23. The molecule has 0 amide bonds. The zero-order valence-electron chi connectivity index (χ0n) is 9.47. The van der Waals surface area contributed by atoms with Gasteiger partial charge < -0.3 is 5.11 Å². The molecule has 0 unspecified atom stereocenters. The van der Waals surface area contributed by atoms with Crippen LogP contribution in [0.4, 0.5) is 14.5 Å². The number of hydrogen-bond acceptors (Lipinski definition) is 5. The predicted octanol–water partition coefficient (Wildman–Crippen LogP) is 0.534. The average molecular weight is 296 g/mol. The van der Waals surface area contributed by atoms with E-state index in [1.807, 2.05) is 4.72 Å². The molecule has 10 heteroatoms. The van der Waals surface area contributed by atoms with Gasteiger partial charge in [0.1, 0.15) is 10.7 Å². The highest BCUT2D eigenvalue weighted by molar-refractivity contribution is 7.89. The number of aliphatic hydroxyl groups excluding tert-OH is 1. The van der Waals surface area contributed by atoms with E-state index in [0.29, 0.717) is 6.07 Å². The molecule has 0 aliphatic rings. The van der Waals surface area contributed by atoms with Crippen LogP contribution in [0, 0.1) is 21.7 Å². The van der Waals surface area contributed by atoms with E-state index in [2.05, 4.69) is 0 Å². The SMILES string of the molecule is O=[N+]([O-])c1cc(S(=O)(=O)NCCCO)c(F)cc1F. The van der Waals surface area contributed by atoms with Crippen molar-refractivity contribution in [3.63, 3.8) is 0 Å². The zero-order chi connectivity index (χ0) is 14.6. The van der Waals surface area contributed by atoms with Gasteiger partial charge in [-0.1, -0.05) is 0 Å². The molecule has 0 saturated carbocycles. The number of nitrogens with one attached hydrogen (secondary N) is 1. The van der Waals surface area contributed by atoms with Crippen molar-refractivity contribution in [3.05, 3.63) is 33.9 Å². The summed E-state index contributed by atoms with van der Waals surface area (Å²) >= 11 is 0. The van der Waals surface area contributed by atoms with Crippen molar-refractivity contribution in [1.29, 1.82) is 0 Å². The number of nitro groups is 1. The lowest BCUT2D eigenvalue weighted by atomic mass is 10.3. The Hall–Kier alpha value is -1.65. The lowest BCUT2D eigenvalue weighted by Gasteiger charge is -2.07. The first-order valence-corrected chi connectivity index (χ1v) is 6.52. The molecular formula is C9H10F2N2O5S. The van der Waals surface area contributed by atoms with E-state index < -0.39 is 37.2 Å². The van der Waals surface area contributed by atoms with Gasteiger partial charge in [-0.05, 0) is 6.42 Å². The summed E-state index contributed by atoms with van der Waals surface area (Å²) in [5, 5.41) is 19.0. The van der Waals surface area contributed by atoms with Crippen molar-refractivity contribution in [2.45, 2.75) is 11.3 Å². The van der Waals surface area contributed by atoms with Crippen molar-refractivity contribution < 1.29 is 27.2 Å². The number of hydrogen-bond donors (Lipinski definition) is 2. The van der Waals surface area contributed by atoms with Crippen molar-refractivity contribution in [2.75, 3.05) is 13.2 Å². The van der Waals surface area contributed by atoms with Crippen LogP contribution in [0.15, 0.2) is 17.0 Å². The molecule has 0 aliphatic heterocycles. The quantitative estimate of drug-likeness (QED) is 0.452. The molecule has 1 aromatic carbocycles. The van der Waals surface area contributed by atoms with Crippen LogP contribution in [0.2, 0.25) is 0 Å². The standard InChI is InChI=1S/C9H10F2N2O5S/c10-6-4-7(11)9(5-8(6)13(15)16)19(17,18)12-2-1-3-14/h4-5,12,14H,1-3H2. The molecule has 106 valence electrons. The van der Waals surface area contributed by atoms with Gasteiger partial charge in [0.2, 0.25) is 15.8 Å². The Bertz CT molecular complexity index is 591. The molecular weight excluding hydrogens is 286 g/mol. The fourth-order valence-corrected chi connectivity index (χ4v) is 2.38. The largest absolute Gasteiger partial charge is 0.396 e. The number of nitrogens with zero attached hydrogens (tertiary/aromatic N) is 1. The fraction of sp³-hybridized carbons (Fsp3) is 0.333. The van der Waals surface area contributed by atoms with Crippen LogP contribution in [-0.2, 0) is 10.0 Å². The van der Waals surface area contributed by atoms with Gasteiger partial charge in [0.05, 0.1) is 4.92 Å². The second-order valence-electron chi connectivity index (χ2n) is 3.47. The number of benzene rings is 1. The highest BCUT2D eigenvalue weighted by Crippen LogP contribution is 2.24. The zero-order valence-corrected chi connectivity index (χ0v) is 10.3. The molecule has 1 rings (SSSR count). The first-order chi connectivity index (χ1) is 8.79. The monoisotopic (exact) mass is 296 g/mol. The van der Waals surface area contributed by atoms with Crippen LogP contribution >= 0.6 is 0 Å². The lowest BCUT2D eigenvalue weighted by Crippen LogP contribution is -2.26. The molecule has 7 nitrogen and oxygen atoms in total. The van der Waals surface area contributed by atoms with Crippen LogP contribution in [0.1, 0.15) is 6.42 Å². The summed E-state index contributed by atoms with van der Waals surface area (Å²) in [6.07, 6.45) is 0.0874. The van der Waals surface area contributed by atoms with Crippen LogP contribution < -0.4 is 4.72 Å². The van der Waals surface area contributed by atoms with Gasteiger partial charge in [0.25, 0.3) is 0 Å². The summed E-state index contributed by atoms with van der Waals surface area (Å²) in [5.74, 6) is -2.89. The summed E-state index contributed by atoms with van der Waals surface area (Å²) in [4.78, 5) is 8.30. The van der Waals surface area contributed by atoms with Crippen LogP contribution in [0.25, 0.3) is 0 Å². The van der Waals surface area contributed by atoms with Crippen molar-refractivity contribution in [2.24, 2.45) is 0 Å². The third-order valence-corrected chi connectivity index (χ3v) is 3.59. The Kier molecular flexibility index (Phi) is 4.86. The number of nitro benzene ring substituents is 1. The van der Waals surface area contributed by atoms with E-state index in [1.165, 1.54) is 0 Å². The predicted molar refractivity (Wildman–Crippen MR) is 59.9 cm³/mol. The molecule has 0 radical (unpaired) electrons. The van der Waals surface area contributed by atoms with Gasteiger partial charge in [0.15, 0.2) is 0 Å². The maximum atomic E-state index is 13.4. The third-order valence-electron chi connectivity index (χ3n) is 2.11. The Balaban J connectivity index is 3.19. The highest BCUT2D eigenvalue weighted by Gasteiger charge is 2.25. The van der Waals surface area contributed by atoms with E-state index in [1.54, 1.807) is 0 Å². The molecule has 1 aromatic rings. The normalized spacial score (nSPS) is 11.5. The molecule has 19 heavy (non-hydrogen) atoms. The van der Waals surface area contributed by atoms with E-state index in [0.717, 1.165) is 0 Å². The van der Waals surface area contributed by atoms with Gasteiger partial charge >= 0.3 is 5.69 Å². The minimum atomic E-state index is -4.34. The van der Waals surface area contributed by atoms with Gasteiger partial charge in [-0.2, -0.15) is 4.39 Å². The Morgan fingerprint density at radius 2 is 1.95 bits per heavy atom. The molecule has 2 N–H and O–H groups in total. The minimum absolute atomic E-state index is 0.0874. The maximum Gasteiger partial charge on any atom is 0.306 e. The van der Waals surface area contributed by atoms with Crippen molar-refractivity contribution >= 4 is 15.7 Å². The van der Waals surface area contributed by atoms with Crippen molar-refractivity contribution in [3.8, 4) is 0 Å². The van der Waals surface area contributed by atoms with E-state index in [4.69, 9.17) is 5.11 Å². The molecule has 0 saturated heterocycles. The first-order valence-electron chi connectivity index (χ1n) is 5.03. The number of aliphatic hydroxyl groups is 1. The van der Waals surface area contributed by atoms with Crippen LogP contribution in [-0.4, -0.2) is 31.6 Å². The molecule has 0 bridgehead atoms. The molecule has 0 aliphatic carbocycles. The molecule has 0 heterocycles. The summed E-state index contributed by atoms with van der Waals surface area (Å²) in [5.41, 5.74) is -1.14. The first kappa shape index (κ1) is 15.4. The summed E-state index contributed by atoms with van der Waals surface area (Å²) in [6.45, 7) is -0.460. The van der Waals surface area contributed by atoms with E-state index >= 15 is 0 Å². The van der Waals surface area contributed by atoms with Gasteiger partial charge in [-0.25, -0.2) is 17.5 Å². The smallest absolute Gasteiger partial charge is 0.306 e. The molecule has 0 spiro atoms. The number of sulfonamides is 1. The lowest BCUT2D eigenvalue weighted by molar-refractivity contribution is -0.387. The van der Waals surface area contributed by atoms with E-state index in [-0.39, 0.29) is 25.6 Å². The van der Waals surface area contributed by atoms with Gasteiger partial charge in [0, 0.05) is 25.3 Å². The van der Waals surface area contributed by atoms with Gasteiger partial charge in [-0.15, -0.1) is 0 Å². The Labute approximate surface area is 107 Å².